The number of carbonyl (C=O) groups excluding carboxylic acids is 2. The number of nitrogens with one attached hydrogen (secondary N) is 1. The molecule has 1 N–H and O–H groups in total. The first-order valence-electron chi connectivity index (χ1n) is 8.54. The molecule has 0 spiro atoms. The number of aromatic nitrogens is 2. The lowest BCUT2D eigenvalue weighted by Gasteiger charge is -2.35. The molecule has 1 aromatic carbocycles. The first kappa shape index (κ1) is 17.2. The average molecular weight is 392 g/mol. The van der Waals surface area contributed by atoms with Crippen LogP contribution in [0.3, 0.4) is 0 Å². The van der Waals surface area contributed by atoms with Crippen LogP contribution in [0.4, 0.5) is 10.8 Å². The summed E-state index contributed by atoms with van der Waals surface area (Å²) in [5, 5.41) is 12.6. The highest BCUT2D eigenvalue weighted by Gasteiger charge is 2.29. The minimum atomic E-state index is -0.650. The molecular weight excluding hydrogens is 374 g/mol. The van der Waals surface area contributed by atoms with E-state index in [1.165, 1.54) is 11.3 Å². The third-order valence-corrected chi connectivity index (χ3v) is 5.79. The lowest BCUT2D eigenvalue weighted by Crippen LogP contribution is -2.51. The summed E-state index contributed by atoms with van der Waals surface area (Å²) in [6, 6.07) is 7.61. The van der Waals surface area contributed by atoms with Crippen molar-refractivity contribution in [2.24, 2.45) is 0 Å². The second-order valence-corrected chi connectivity index (χ2v) is 7.88. The van der Waals surface area contributed by atoms with E-state index < -0.39 is 11.8 Å². The molecule has 0 atom stereocenters. The second kappa shape index (κ2) is 7.20. The van der Waals surface area contributed by atoms with E-state index in [2.05, 4.69) is 20.4 Å². The molecule has 4 rings (SSSR count). The summed E-state index contributed by atoms with van der Waals surface area (Å²) in [4.78, 5) is 28.3. The maximum atomic E-state index is 12.4. The number of hydrogen-bond donors (Lipinski definition) is 1. The molecule has 26 heavy (non-hydrogen) atoms. The Balaban J connectivity index is 1.30. The molecule has 0 unspecified atom stereocenters. The summed E-state index contributed by atoms with van der Waals surface area (Å²) < 4.78 is 0. The fourth-order valence-electron chi connectivity index (χ4n) is 2.89. The molecule has 2 aliphatic rings. The van der Waals surface area contributed by atoms with Crippen LogP contribution in [0.15, 0.2) is 24.3 Å². The third-order valence-electron chi connectivity index (χ3n) is 4.54. The average Bonchev–Trinajstić information content (AvgIpc) is 3.41. The number of carbonyl (C=O) groups is 2. The molecule has 1 aliphatic carbocycles. The molecule has 1 saturated heterocycles. The molecule has 1 saturated carbocycles. The summed E-state index contributed by atoms with van der Waals surface area (Å²) in [6.07, 6.45) is 2.25. The Morgan fingerprint density at radius 2 is 1.77 bits per heavy atom. The summed E-state index contributed by atoms with van der Waals surface area (Å²) in [5.41, 5.74) is 1.06. The fourth-order valence-corrected chi connectivity index (χ4v) is 3.93. The molecule has 2 aromatic rings. The molecule has 2 amide bonds. The summed E-state index contributed by atoms with van der Waals surface area (Å²) >= 11 is 7.27. The van der Waals surface area contributed by atoms with Gasteiger partial charge in [0, 0.05) is 42.8 Å². The number of benzene rings is 1. The van der Waals surface area contributed by atoms with Crippen LogP contribution in [0.25, 0.3) is 0 Å². The van der Waals surface area contributed by atoms with Gasteiger partial charge in [-0.05, 0) is 37.1 Å². The Labute approximate surface area is 160 Å². The summed E-state index contributed by atoms with van der Waals surface area (Å²) in [6.45, 7) is 2.34. The Morgan fingerprint density at radius 3 is 2.42 bits per heavy atom. The quantitative estimate of drug-likeness (QED) is 0.812. The highest BCUT2D eigenvalue weighted by Crippen LogP contribution is 2.42. The minimum absolute atomic E-state index is 0.394. The van der Waals surface area contributed by atoms with Crippen molar-refractivity contribution < 1.29 is 9.59 Å². The molecule has 2 fully saturated rings. The molecule has 1 aliphatic heterocycles. The van der Waals surface area contributed by atoms with Crippen molar-refractivity contribution in [3.05, 3.63) is 34.3 Å². The van der Waals surface area contributed by atoms with Crippen molar-refractivity contribution >= 4 is 45.6 Å². The maximum absolute atomic E-state index is 12.4. The molecule has 0 radical (unpaired) electrons. The van der Waals surface area contributed by atoms with Gasteiger partial charge in [-0.1, -0.05) is 22.9 Å². The Kier molecular flexibility index (Phi) is 4.78. The predicted molar refractivity (Wildman–Crippen MR) is 101 cm³/mol. The Hall–Kier alpha value is -2.19. The van der Waals surface area contributed by atoms with Gasteiger partial charge in [-0.2, -0.15) is 0 Å². The minimum Gasteiger partial charge on any atom is -0.368 e. The van der Waals surface area contributed by atoms with Crippen LogP contribution in [-0.4, -0.2) is 53.1 Å². The summed E-state index contributed by atoms with van der Waals surface area (Å²) in [5.74, 6) is -0.692. The van der Waals surface area contributed by atoms with Crippen LogP contribution in [0.2, 0.25) is 5.02 Å². The van der Waals surface area contributed by atoms with E-state index in [1.54, 1.807) is 4.90 Å². The maximum Gasteiger partial charge on any atom is 0.315 e. The first-order chi connectivity index (χ1) is 12.6. The standard InChI is InChI=1S/C17H18ClN5O2S/c18-12-3-5-13(6-4-12)22-7-9-23(10-8-22)16(25)14(24)19-17-21-20-15(26-17)11-1-2-11/h3-6,11H,1-2,7-10H2,(H,19,21,24). The van der Waals surface area contributed by atoms with Gasteiger partial charge in [0.15, 0.2) is 0 Å². The number of hydrogen-bond acceptors (Lipinski definition) is 6. The van der Waals surface area contributed by atoms with Gasteiger partial charge in [0.05, 0.1) is 0 Å². The van der Waals surface area contributed by atoms with Crippen molar-refractivity contribution in [3.8, 4) is 0 Å². The van der Waals surface area contributed by atoms with Crippen LogP contribution in [-0.2, 0) is 9.59 Å². The number of amides is 2. The van der Waals surface area contributed by atoms with Crippen molar-refractivity contribution in [3.63, 3.8) is 0 Å². The number of nitrogens with zero attached hydrogens (tertiary/aromatic N) is 4. The van der Waals surface area contributed by atoms with Gasteiger partial charge in [-0.15, -0.1) is 10.2 Å². The number of rotatable bonds is 3. The zero-order valence-electron chi connectivity index (χ0n) is 14.0. The van der Waals surface area contributed by atoms with Crippen LogP contribution in [0.1, 0.15) is 23.8 Å². The monoisotopic (exact) mass is 391 g/mol. The molecule has 7 nitrogen and oxygen atoms in total. The van der Waals surface area contributed by atoms with E-state index in [0.717, 1.165) is 23.5 Å². The van der Waals surface area contributed by atoms with Crippen molar-refractivity contribution in [1.29, 1.82) is 0 Å². The number of anilines is 2. The van der Waals surface area contributed by atoms with E-state index in [9.17, 15) is 9.59 Å². The van der Waals surface area contributed by atoms with Crippen LogP contribution in [0, 0.1) is 0 Å². The lowest BCUT2D eigenvalue weighted by molar-refractivity contribution is -0.143. The zero-order valence-corrected chi connectivity index (χ0v) is 15.6. The topological polar surface area (TPSA) is 78.4 Å². The predicted octanol–water partition coefficient (Wildman–Crippen LogP) is 2.36. The van der Waals surface area contributed by atoms with Crippen LogP contribution in [0.5, 0.6) is 0 Å². The highest BCUT2D eigenvalue weighted by molar-refractivity contribution is 7.15. The number of piperazine rings is 1. The van der Waals surface area contributed by atoms with E-state index in [1.807, 2.05) is 24.3 Å². The normalized spacial score (nSPS) is 17.3. The molecule has 2 heterocycles. The lowest BCUT2D eigenvalue weighted by atomic mass is 10.2. The van der Waals surface area contributed by atoms with Crippen LogP contribution < -0.4 is 10.2 Å². The van der Waals surface area contributed by atoms with Gasteiger partial charge in [0.25, 0.3) is 0 Å². The van der Waals surface area contributed by atoms with Gasteiger partial charge < -0.3 is 9.80 Å². The Bertz CT molecular complexity index is 813. The summed E-state index contributed by atoms with van der Waals surface area (Å²) in [7, 11) is 0. The highest BCUT2D eigenvalue weighted by atomic mass is 35.5. The van der Waals surface area contributed by atoms with Crippen LogP contribution >= 0.6 is 22.9 Å². The van der Waals surface area contributed by atoms with Crippen molar-refractivity contribution in [2.75, 3.05) is 36.4 Å². The van der Waals surface area contributed by atoms with Crippen molar-refractivity contribution in [2.45, 2.75) is 18.8 Å². The SMILES string of the molecule is O=C(Nc1nnc(C2CC2)s1)C(=O)N1CCN(c2ccc(Cl)cc2)CC1. The largest absolute Gasteiger partial charge is 0.368 e. The van der Waals surface area contributed by atoms with Gasteiger partial charge >= 0.3 is 11.8 Å². The smallest absolute Gasteiger partial charge is 0.315 e. The van der Waals surface area contributed by atoms with Gasteiger partial charge in [0.1, 0.15) is 5.01 Å². The molecule has 0 bridgehead atoms. The molecular formula is C17H18ClN5O2S. The van der Waals surface area contributed by atoms with Gasteiger partial charge in [-0.3, -0.25) is 14.9 Å². The Morgan fingerprint density at radius 1 is 1.08 bits per heavy atom. The van der Waals surface area contributed by atoms with Gasteiger partial charge in [0.2, 0.25) is 5.13 Å². The molecule has 9 heteroatoms. The van der Waals surface area contributed by atoms with E-state index in [-0.39, 0.29) is 0 Å². The second-order valence-electron chi connectivity index (χ2n) is 6.43. The first-order valence-corrected chi connectivity index (χ1v) is 9.74. The van der Waals surface area contributed by atoms with E-state index in [0.29, 0.717) is 42.3 Å². The number of halogens is 1. The van der Waals surface area contributed by atoms with Gasteiger partial charge in [-0.25, -0.2) is 0 Å². The fraction of sp³-hybridized carbons (Fsp3) is 0.412. The molecule has 1 aromatic heterocycles. The third kappa shape index (κ3) is 3.81. The van der Waals surface area contributed by atoms with Crippen molar-refractivity contribution in [1.82, 2.24) is 15.1 Å². The molecule has 136 valence electrons. The van der Waals surface area contributed by atoms with E-state index in [4.69, 9.17) is 11.6 Å². The van der Waals surface area contributed by atoms with E-state index >= 15 is 0 Å². The zero-order chi connectivity index (χ0) is 18.1.